The highest BCUT2D eigenvalue weighted by Gasteiger charge is 2.19. The van der Waals surface area contributed by atoms with Crippen LogP contribution < -0.4 is 0 Å². The van der Waals surface area contributed by atoms with Crippen LogP contribution in [-0.4, -0.2) is 21.6 Å². The van der Waals surface area contributed by atoms with Crippen molar-refractivity contribution in [2.24, 2.45) is 5.92 Å². The number of carbonyl (C=O) groups is 2. The Balaban J connectivity index is 2.28. The van der Waals surface area contributed by atoms with Crippen LogP contribution >= 0.6 is 0 Å². The van der Waals surface area contributed by atoms with Crippen LogP contribution in [0.25, 0.3) is 10.9 Å². The molecular weight excluding hydrogens is 314 g/mol. The summed E-state index contributed by atoms with van der Waals surface area (Å²) >= 11 is 0. The van der Waals surface area contributed by atoms with Crippen molar-refractivity contribution in [3.8, 4) is 0 Å². The summed E-state index contributed by atoms with van der Waals surface area (Å²) < 4.78 is 1.83. The summed E-state index contributed by atoms with van der Waals surface area (Å²) in [6, 6.07) is 8.28. The molecule has 4 heteroatoms. The van der Waals surface area contributed by atoms with E-state index >= 15 is 0 Å². The largest absolute Gasteiger partial charge is 0.481 e. The molecule has 0 aliphatic heterocycles. The molecule has 25 heavy (non-hydrogen) atoms. The normalized spacial score (nSPS) is 12.4. The number of aryl methyl sites for hydroxylation is 2. The van der Waals surface area contributed by atoms with Gasteiger partial charge in [0.25, 0.3) is 0 Å². The molecule has 0 amide bonds. The van der Waals surface area contributed by atoms with Gasteiger partial charge in [0.2, 0.25) is 5.91 Å². The Hall–Kier alpha value is -2.10. The topological polar surface area (TPSA) is 59.3 Å². The summed E-state index contributed by atoms with van der Waals surface area (Å²) in [7, 11) is 0. The molecule has 0 saturated heterocycles. The van der Waals surface area contributed by atoms with Crippen LogP contribution in [0.4, 0.5) is 0 Å². The number of fused-ring (bicyclic) bond motifs is 1. The van der Waals surface area contributed by atoms with Crippen molar-refractivity contribution in [3.63, 3.8) is 0 Å². The number of carbonyl (C=O) groups excluding carboxylic acids is 1. The van der Waals surface area contributed by atoms with Crippen LogP contribution in [0.15, 0.2) is 24.3 Å². The van der Waals surface area contributed by atoms with Crippen molar-refractivity contribution in [1.82, 2.24) is 4.57 Å². The van der Waals surface area contributed by atoms with E-state index in [9.17, 15) is 9.59 Å². The van der Waals surface area contributed by atoms with Gasteiger partial charge in [-0.15, -0.1) is 0 Å². The summed E-state index contributed by atoms with van der Waals surface area (Å²) in [5, 5.41) is 10.0. The molecule has 0 spiro atoms. The second kappa shape index (κ2) is 8.84. The number of carboxylic acid groups (broad SMARTS) is 1. The van der Waals surface area contributed by atoms with Gasteiger partial charge in [0.05, 0.1) is 5.52 Å². The molecule has 0 aliphatic carbocycles. The maximum Gasteiger partial charge on any atom is 0.303 e. The summed E-state index contributed by atoms with van der Waals surface area (Å²) in [6.45, 7) is 6.03. The first-order valence-electron chi connectivity index (χ1n) is 9.28. The molecule has 136 valence electrons. The number of benzene rings is 1. The SMILES string of the molecule is CCCCCCc1cc2ccc(C)cc2n1C(=O)CC(C)CC(=O)O. The molecule has 1 aromatic carbocycles. The molecule has 4 nitrogen and oxygen atoms in total. The fourth-order valence-electron chi connectivity index (χ4n) is 3.34. The van der Waals surface area contributed by atoms with Gasteiger partial charge in [0.15, 0.2) is 0 Å². The van der Waals surface area contributed by atoms with Crippen molar-refractivity contribution < 1.29 is 14.7 Å². The van der Waals surface area contributed by atoms with Gasteiger partial charge in [-0.3, -0.25) is 14.2 Å². The van der Waals surface area contributed by atoms with Crippen LogP contribution in [-0.2, 0) is 11.2 Å². The zero-order chi connectivity index (χ0) is 18.4. The fraction of sp³-hybridized carbons (Fsp3) is 0.524. The second-order valence-corrected chi connectivity index (χ2v) is 7.14. The summed E-state index contributed by atoms with van der Waals surface area (Å²) in [4.78, 5) is 23.8. The number of rotatable bonds is 9. The minimum atomic E-state index is -0.853. The smallest absolute Gasteiger partial charge is 0.303 e. The fourth-order valence-corrected chi connectivity index (χ4v) is 3.34. The molecular formula is C21H29NO3. The second-order valence-electron chi connectivity index (χ2n) is 7.14. The van der Waals surface area contributed by atoms with Gasteiger partial charge in [-0.2, -0.15) is 0 Å². The van der Waals surface area contributed by atoms with Gasteiger partial charge in [0.1, 0.15) is 0 Å². The summed E-state index contributed by atoms with van der Waals surface area (Å²) in [6.07, 6.45) is 5.80. The number of carboxylic acids is 1. The molecule has 2 rings (SSSR count). The molecule has 1 unspecified atom stereocenters. The minimum absolute atomic E-state index is 0.000147. The Kier molecular flexibility index (Phi) is 6.80. The van der Waals surface area contributed by atoms with E-state index in [2.05, 4.69) is 25.1 Å². The van der Waals surface area contributed by atoms with Crippen LogP contribution in [0.2, 0.25) is 0 Å². The first-order valence-corrected chi connectivity index (χ1v) is 9.28. The van der Waals surface area contributed by atoms with Crippen molar-refractivity contribution in [3.05, 3.63) is 35.5 Å². The van der Waals surface area contributed by atoms with E-state index in [1.807, 2.05) is 24.5 Å². The average molecular weight is 343 g/mol. The molecule has 0 radical (unpaired) electrons. The molecule has 1 N–H and O–H groups in total. The number of nitrogens with zero attached hydrogens (tertiary/aromatic N) is 1. The number of hydrogen-bond acceptors (Lipinski definition) is 2. The zero-order valence-corrected chi connectivity index (χ0v) is 15.5. The van der Waals surface area contributed by atoms with E-state index in [-0.39, 0.29) is 24.7 Å². The first-order chi connectivity index (χ1) is 11.9. The van der Waals surface area contributed by atoms with Gasteiger partial charge in [-0.05, 0) is 43.4 Å². The number of unbranched alkanes of at least 4 members (excludes halogenated alkanes) is 3. The van der Waals surface area contributed by atoms with Crippen LogP contribution in [0.5, 0.6) is 0 Å². The highest BCUT2D eigenvalue weighted by atomic mass is 16.4. The highest BCUT2D eigenvalue weighted by molar-refractivity contribution is 5.94. The summed E-state index contributed by atoms with van der Waals surface area (Å²) in [5.41, 5.74) is 3.11. The predicted molar refractivity (Wildman–Crippen MR) is 101 cm³/mol. The summed E-state index contributed by atoms with van der Waals surface area (Å²) in [5.74, 6) is -1.02. The lowest BCUT2D eigenvalue weighted by Crippen LogP contribution is -2.18. The maximum absolute atomic E-state index is 12.9. The molecule has 1 atom stereocenters. The monoisotopic (exact) mass is 343 g/mol. The Morgan fingerprint density at radius 1 is 1.12 bits per heavy atom. The maximum atomic E-state index is 12.9. The molecule has 0 bridgehead atoms. The van der Waals surface area contributed by atoms with Gasteiger partial charge in [0, 0.05) is 23.9 Å². The third-order valence-corrected chi connectivity index (χ3v) is 4.62. The van der Waals surface area contributed by atoms with Crippen molar-refractivity contribution in [2.75, 3.05) is 0 Å². The molecule has 1 heterocycles. The average Bonchev–Trinajstić information content (AvgIpc) is 2.88. The third-order valence-electron chi connectivity index (χ3n) is 4.62. The lowest BCUT2D eigenvalue weighted by atomic mass is 10.0. The lowest BCUT2D eigenvalue weighted by molar-refractivity contribution is -0.137. The number of aromatic nitrogens is 1. The van der Waals surface area contributed by atoms with Gasteiger partial charge in [-0.25, -0.2) is 0 Å². The lowest BCUT2D eigenvalue weighted by Gasteiger charge is -2.13. The Morgan fingerprint density at radius 3 is 2.56 bits per heavy atom. The molecule has 0 fully saturated rings. The number of aliphatic carboxylic acids is 1. The molecule has 2 aromatic rings. The predicted octanol–water partition coefficient (Wildman–Crippen LogP) is 5.21. The Labute approximate surface area is 149 Å². The minimum Gasteiger partial charge on any atom is -0.481 e. The molecule has 0 aliphatic rings. The van der Waals surface area contributed by atoms with Crippen molar-refractivity contribution >= 4 is 22.8 Å². The first kappa shape index (κ1) is 19.2. The van der Waals surface area contributed by atoms with Gasteiger partial charge < -0.3 is 5.11 Å². The van der Waals surface area contributed by atoms with E-state index in [1.54, 1.807) is 0 Å². The third kappa shape index (κ3) is 5.18. The van der Waals surface area contributed by atoms with E-state index in [0.717, 1.165) is 35.0 Å². The molecule has 1 aromatic heterocycles. The standard InChI is InChI=1S/C21H29NO3/c1-4-5-6-7-8-18-14-17-10-9-15(2)11-19(17)22(18)20(23)12-16(3)13-21(24)25/h9-11,14,16H,4-8,12-13H2,1-3H3,(H,24,25). The van der Waals surface area contributed by atoms with Crippen LogP contribution in [0, 0.1) is 12.8 Å². The Bertz CT molecular complexity index is 745. The van der Waals surface area contributed by atoms with E-state index in [0.29, 0.717) is 0 Å². The van der Waals surface area contributed by atoms with Crippen LogP contribution in [0.1, 0.15) is 68.4 Å². The quantitative estimate of drug-likeness (QED) is 0.636. The highest BCUT2D eigenvalue weighted by Crippen LogP contribution is 2.24. The van der Waals surface area contributed by atoms with E-state index < -0.39 is 5.97 Å². The zero-order valence-electron chi connectivity index (χ0n) is 15.5. The van der Waals surface area contributed by atoms with E-state index in [1.165, 1.54) is 19.3 Å². The van der Waals surface area contributed by atoms with Crippen LogP contribution in [0.3, 0.4) is 0 Å². The van der Waals surface area contributed by atoms with Gasteiger partial charge in [-0.1, -0.05) is 45.2 Å². The Morgan fingerprint density at radius 2 is 1.88 bits per heavy atom. The van der Waals surface area contributed by atoms with Crippen molar-refractivity contribution in [2.45, 2.75) is 65.7 Å². The molecule has 0 saturated carbocycles. The van der Waals surface area contributed by atoms with E-state index in [4.69, 9.17) is 5.11 Å². The van der Waals surface area contributed by atoms with Crippen molar-refractivity contribution in [1.29, 1.82) is 0 Å². The number of hydrogen-bond donors (Lipinski definition) is 1. The van der Waals surface area contributed by atoms with Gasteiger partial charge >= 0.3 is 5.97 Å².